The number of esters is 1. The number of nitrogens with zero attached hydrogens (tertiary/aromatic N) is 4. The number of amides is 1. The van der Waals surface area contributed by atoms with Crippen LogP contribution in [0.15, 0.2) is 77.5 Å². The summed E-state index contributed by atoms with van der Waals surface area (Å²) >= 11 is 2.89. The zero-order valence-electron chi connectivity index (χ0n) is 19.8. The van der Waals surface area contributed by atoms with E-state index in [9.17, 15) is 9.59 Å². The minimum Gasteiger partial charge on any atom is -0.448 e. The molecule has 0 bridgehead atoms. The van der Waals surface area contributed by atoms with Gasteiger partial charge in [-0.1, -0.05) is 72.0 Å². The second kappa shape index (κ2) is 10.3. The molecular formula is C26H25N5O3S2. The molecule has 2 atom stereocenters. The molecule has 1 saturated heterocycles. The number of nitrogens with two attached hydrogens (primary N) is 1. The van der Waals surface area contributed by atoms with Crippen LogP contribution < -0.4 is 5.73 Å². The summed E-state index contributed by atoms with van der Waals surface area (Å²) < 4.78 is 6.14. The highest BCUT2D eigenvalue weighted by Gasteiger charge is 2.52. The third-order valence-corrected chi connectivity index (χ3v) is 8.09. The highest BCUT2D eigenvalue weighted by atomic mass is 32.2. The Labute approximate surface area is 217 Å². The van der Waals surface area contributed by atoms with Gasteiger partial charge in [-0.15, -0.1) is 11.8 Å². The molecule has 0 radical (unpaired) electrons. The summed E-state index contributed by atoms with van der Waals surface area (Å²) in [6.45, 7) is 0. The smallest absolute Gasteiger partial charge is 0.356 e. The molecule has 0 saturated carbocycles. The van der Waals surface area contributed by atoms with Crippen LogP contribution >= 0.6 is 23.1 Å². The second-order valence-electron chi connectivity index (χ2n) is 8.58. The molecule has 2 aliphatic rings. The molecule has 2 aromatic carbocycles. The number of aromatic nitrogens is 1. The van der Waals surface area contributed by atoms with Gasteiger partial charge in [0.05, 0.1) is 11.2 Å². The maximum absolute atomic E-state index is 13.8. The van der Waals surface area contributed by atoms with Crippen molar-refractivity contribution in [1.82, 2.24) is 14.8 Å². The number of rotatable bonds is 7. The van der Waals surface area contributed by atoms with Crippen LogP contribution in [0, 0.1) is 0 Å². The van der Waals surface area contributed by atoms with Gasteiger partial charge in [-0.25, -0.2) is 14.8 Å². The standard InChI is InChI=1S/C26H25N5O3S2/c1-30(2)15-29-26-28-13-19(36-26)18-14-35-24-20(27)23(32)31(24)21(18)25(33)34-22(16-9-5-3-6-10-16)17-11-7-4-8-12-17/h3-13,15,20,22,24H,14,27H2,1-2H3. The number of ether oxygens (including phenoxy) is 1. The number of carbonyl (C=O) groups is 2. The molecule has 36 heavy (non-hydrogen) atoms. The van der Waals surface area contributed by atoms with Crippen LogP contribution in [0.25, 0.3) is 5.57 Å². The Morgan fingerprint density at radius 3 is 2.42 bits per heavy atom. The lowest BCUT2D eigenvalue weighted by atomic mass is 10.0. The van der Waals surface area contributed by atoms with Gasteiger partial charge in [0.1, 0.15) is 17.1 Å². The van der Waals surface area contributed by atoms with Crippen molar-refractivity contribution in [2.75, 3.05) is 19.8 Å². The number of aliphatic imine (C=N–C) groups is 1. The average molecular weight is 520 g/mol. The number of thiazole rings is 1. The molecule has 8 nitrogen and oxygen atoms in total. The summed E-state index contributed by atoms with van der Waals surface area (Å²) in [6.07, 6.45) is 2.72. The maximum atomic E-state index is 13.8. The first-order valence-corrected chi connectivity index (χ1v) is 13.2. The van der Waals surface area contributed by atoms with Crippen molar-refractivity contribution in [3.63, 3.8) is 0 Å². The molecule has 3 heterocycles. The highest BCUT2D eigenvalue weighted by molar-refractivity contribution is 8.00. The highest BCUT2D eigenvalue weighted by Crippen LogP contribution is 2.45. The van der Waals surface area contributed by atoms with E-state index in [-0.39, 0.29) is 17.0 Å². The van der Waals surface area contributed by atoms with E-state index in [2.05, 4.69) is 9.98 Å². The Hall–Kier alpha value is -3.47. The fourth-order valence-electron chi connectivity index (χ4n) is 4.07. The number of carbonyl (C=O) groups excluding carboxylic acids is 2. The van der Waals surface area contributed by atoms with Gasteiger partial charge < -0.3 is 15.4 Å². The Morgan fingerprint density at radius 2 is 1.81 bits per heavy atom. The second-order valence-corrected chi connectivity index (χ2v) is 10.7. The summed E-state index contributed by atoms with van der Waals surface area (Å²) in [5.74, 6) is -0.351. The molecule has 2 aliphatic heterocycles. The molecule has 1 aromatic heterocycles. The van der Waals surface area contributed by atoms with Crippen LogP contribution in [0.5, 0.6) is 0 Å². The Bertz CT molecular complexity index is 1280. The topological polar surface area (TPSA) is 101 Å². The average Bonchev–Trinajstić information content (AvgIpc) is 3.39. The van der Waals surface area contributed by atoms with Crippen molar-refractivity contribution in [3.8, 4) is 0 Å². The number of hydrogen-bond acceptors (Lipinski definition) is 8. The molecule has 5 rings (SSSR count). The van der Waals surface area contributed by atoms with Crippen molar-refractivity contribution in [2.24, 2.45) is 10.7 Å². The van der Waals surface area contributed by atoms with Gasteiger partial charge in [0, 0.05) is 31.6 Å². The maximum Gasteiger partial charge on any atom is 0.356 e. The van der Waals surface area contributed by atoms with Crippen LogP contribution in [0.4, 0.5) is 5.13 Å². The molecule has 3 aromatic rings. The fourth-order valence-corrected chi connectivity index (χ4v) is 6.27. The van der Waals surface area contributed by atoms with Crippen molar-refractivity contribution in [1.29, 1.82) is 0 Å². The molecule has 0 aliphatic carbocycles. The number of thioether (sulfide) groups is 1. The van der Waals surface area contributed by atoms with Gasteiger partial charge in [0.15, 0.2) is 6.10 Å². The fraction of sp³-hybridized carbons (Fsp3) is 0.231. The van der Waals surface area contributed by atoms with Gasteiger partial charge >= 0.3 is 5.97 Å². The van der Waals surface area contributed by atoms with E-state index in [1.165, 1.54) is 28.0 Å². The van der Waals surface area contributed by atoms with E-state index in [0.29, 0.717) is 16.5 Å². The van der Waals surface area contributed by atoms with Crippen molar-refractivity contribution in [3.05, 3.63) is 88.6 Å². The number of fused-ring (bicyclic) bond motifs is 1. The monoisotopic (exact) mass is 519 g/mol. The molecule has 10 heteroatoms. The third kappa shape index (κ3) is 4.67. The number of hydrogen-bond donors (Lipinski definition) is 1. The molecular weight excluding hydrogens is 494 g/mol. The van der Waals surface area contributed by atoms with E-state index >= 15 is 0 Å². The first-order valence-electron chi connectivity index (χ1n) is 11.3. The molecule has 1 fully saturated rings. The van der Waals surface area contributed by atoms with E-state index < -0.39 is 18.1 Å². The predicted octanol–water partition coefficient (Wildman–Crippen LogP) is 3.65. The van der Waals surface area contributed by atoms with Crippen molar-refractivity contribution < 1.29 is 14.3 Å². The summed E-state index contributed by atoms with van der Waals surface area (Å²) in [5, 5.41) is 0.263. The van der Waals surface area contributed by atoms with Crippen LogP contribution in [-0.2, 0) is 14.3 Å². The van der Waals surface area contributed by atoms with Gasteiger partial charge in [-0.3, -0.25) is 9.69 Å². The van der Waals surface area contributed by atoms with Crippen molar-refractivity contribution >= 4 is 52.0 Å². The van der Waals surface area contributed by atoms with E-state index in [1.807, 2.05) is 79.7 Å². The largest absolute Gasteiger partial charge is 0.448 e. The van der Waals surface area contributed by atoms with Crippen LogP contribution in [0.3, 0.4) is 0 Å². The Morgan fingerprint density at radius 1 is 1.17 bits per heavy atom. The van der Waals surface area contributed by atoms with E-state index in [0.717, 1.165) is 16.0 Å². The summed E-state index contributed by atoms with van der Waals surface area (Å²) in [4.78, 5) is 39.4. The van der Waals surface area contributed by atoms with E-state index in [4.69, 9.17) is 10.5 Å². The van der Waals surface area contributed by atoms with Gasteiger partial charge in [0.2, 0.25) is 11.0 Å². The Balaban J connectivity index is 1.54. The summed E-state index contributed by atoms with van der Waals surface area (Å²) in [6, 6.07) is 18.5. The number of benzene rings is 2. The molecule has 1 amide bonds. The molecule has 184 valence electrons. The summed E-state index contributed by atoms with van der Waals surface area (Å²) in [7, 11) is 3.75. The SMILES string of the molecule is CN(C)C=Nc1ncc(C2=C(C(=O)OC(c3ccccc3)c3ccccc3)N3C(=O)C(N)C3SC2)s1. The van der Waals surface area contributed by atoms with Gasteiger partial charge in [-0.2, -0.15) is 0 Å². The van der Waals surface area contributed by atoms with Crippen LogP contribution in [0.2, 0.25) is 0 Å². The van der Waals surface area contributed by atoms with Gasteiger partial charge in [0.25, 0.3) is 0 Å². The minimum atomic E-state index is -0.639. The zero-order chi connectivity index (χ0) is 25.2. The quantitative estimate of drug-likeness (QED) is 0.220. The predicted molar refractivity (Wildman–Crippen MR) is 143 cm³/mol. The lowest BCUT2D eigenvalue weighted by molar-refractivity contribution is -0.152. The minimum absolute atomic E-state index is 0.231. The lowest BCUT2D eigenvalue weighted by Gasteiger charge is -2.48. The number of β-lactam (4-membered cyclic amide) rings is 1. The summed E-state index contributed by atoms with van der Waals surface area (Å²) in [5.41, 5.74) is 8.67. The normalized spacial score (nSPS) is 19.4. The Kier molecular flexibility index (Phi) is 6.90. The van der Waals surface area contributed by atoms with Gasteiger partial charge in [-0.05, 0) is 11.1 Å². The molecule has 2 unspecified atom stereocenters. The zero-order valence-corrected chi connectivity index (χ0v) is 21.4. The first-order chi connectivity index (χ1) is 17.4. The first kappa shape index (κ1) is 24.2. The van der Waals surface area contributed by atoms with Crippen LogP contribution in [0.1, 0.15) is 22.1 Å². The van der Waals surface area contributed by atoms with E-state index in [1.54, 1.807) is 12.5 Å². The molecule has 2 N–H and O–H groups in total. The third-order valence-electron chi connectivity index (χ3n) is 5.82. The van der Waals surface area contributed by atoms with Crippen LogP contribution in [-0.4, -0.2) is 64.3 Å². The van der Waals surface area contributed by atoms with Crippen molar-refractivity contribution in [2.45, 2.75) is 17.5 Å². The molecule has 0 spiro atoms. The lowest BCUT2D eigenvalue weighted by Crippen LogP contribution is -2.68.